The van der Waals surface area contributed by atoms with Gasteiger partial charge >= 0.3 is 0 Å². The molecule has 2 fully saturated rings. The minimum Gasteiger partial charge on any atom is -0.301 e. The monoisotopic (exact) mass is 238 g/mol. The van der Waals surface area contributed by atoms with E-state index in [-0.39, 0.29) is 0 Å². The van der Waals surface area contributed by atoms with E-state index in [1.807, 2.05) is 0 Å². The van der Waals surface area contributed by atoms with Gasteiger partial charge in [-0.05, 0) is 65.1 Å². The maximum Gasteiger partial charge on any atom is 0.0120 e. The average molecular weight is 238 g/mol. The molecule has 0 radical (unpaired) electrons. The van der Waals surface area contributed by atoms with Crippen LogP contribution in [0.15, 0.2) is 0 Å². The molecule has 100 valence electrons. The molecule has 2 aliphatic rings. The summed E-state index contributed by atoms with van der Waals surface area (Å²) in [7, 11) is 0. The SMILES string of the molecule is CCCC1CCN(C2CCN(C(C)C)CC2)C1. The van der Waals surface area contributed by atoms with E-state index in [4.69, 9.17) is 0 Å². The van der Waals surface area contributed by atoms with Crippen LogP contribution in [0, 0.1) is 5.92 Å². The second kappa shape index (κ2) is 6.19. The van der Waals surface area contributed by atoms with Crippen LogP contribution in [0.5, 0.6) is 0 Å². The van der Waals surface area contributed by atoms with Crippen LogP contribution in [-0.4, -0.2) is 48.1 Å². The number of rotatable bonds is 4. The normalized spacial score (nSPS) is 29.3. The highest BCUT2D eigenvalue weighted by Crippen LogP contribution is 2.27. The summed E-state index contributed by atoms with van der Waals surface area (Å²) in [5.41, 5.74) is 0. The molecule has 17 heavy (non-hydrogen) atoms. The van der Waals surface area contributed by atoms with Crippen molar-refractivity contribution in [3.8, 4) is 0 Å². The zero-order valence-corrected chi connectivity index (χ0v) is 12.0. The van der Waals surface area contributed by atoms with Crippen LogP contribution < -0.4 is 0 Å². The van der Waals surface area contributed by atoms with Gasteiger partial charge in [0.1, 0.15) is 0 Å². The standard InChI is InChI=1S/C15H30N2/c1-4-5-14-6-9-17(12-14)15-7-10-16(11-8-15)13(2)3/h13-15H,4-12H2,1-3H3. The molecule has 0 aliphatic carbocycles. The van der Waals surface area contributed by atoms with Gasteiger partial charge in [-0.25, -0.2) is 0 Å². The summed E-state index contributed by atoms with van der Waals surface area (Å²) < 4.78 is 0. The van der Waals surface area contributed by atoms with E-state index in [1.165, 1.54) is 58.3 Å². The van der Waals surface area contributed by atoms with Gasteiger partial charge in [-0.1, -0.05) is 13.3 Å². The van der Waals surface area contributed by atoms with Gasteiger partial charge in [0.15, 0.2) is 0 Å². The van der Waals surface area contributed by atoms with E-state index < -0.39 is 0 Å². The maximum atomic E-state index is 2.79. The summed E-state index contributed by atoms with van der Waals surface area (Å²) in [4.78, 5) is 5.42. The van der Waals surface area contributed by atoms with Gasteiger partial charge in [-0.3, -0.25) is 0 Å². The van der Waals surface area contributed by atoms with Crippen molar-refractivity contribution >= 4 is 0 Å². The zero-order chi connectivity index (χ0) is 12.3. The maximum absolute atomic E-state index is 2.79. The van der Waals surface area contributed by atoms with E-state index >= 15 is 0 Å². The van der Waals surface area contributed by atoms with E-state index in [1.54, 1.807) is 0 Å². The molecule has 2 nitrogen and oxygen atoms in total. The fourth-order valence-corrected chi connectivity index (χ4v) is 3.61. The van der Waals surface area contributed by atoms with Crippen molar-refractivity contribution in [1.29, 1.82) is 0 Å². The average Bonchev–Trinajstić information content (AvgIpc) is 2.78. The Balaban J connectivity index is 1.74. The van der Waals surface area contributed by atoms with Crippen LogP contribution >= 0.6 is 0 Å². The third kappa shape index (κ3) is 3.45. The first-order chi connectivity index (χ1) is 8.20. The van der Waals surface area contributed by atoms with Gasteiger partial charge in [0, 0.05) is 18.6 Å². The third-order valence-corrected chi connectivity index (χ3v) is 4.76. The fraction of sp³-hybridized carbons (Fsp3) is 1.00. The largest absolute Gasteiger partial charge is 0.301 e. The molecule has 0 aromatic rings. The quantitative estimate of drug-likeness (QED) is 0.743. The summed E-state index contributed by atoms with van der Waals surface area (Å²) in [6.07, 6.45) is 7.07. The van der Waals surface area contributed by atoms with Gasteiger partial charge in [-0.15, -0.1) is 0 Å². The molecule has 0 bridgehead atoms. The molecule has 0 aromatic heterocycles. The van der Waals surface area contributed by atoms with E-state index in [9.17, 15) is 0 Å². The summed E-state index contributed by atoms with van der Waals surface area (Å²) >= 11 is 0. The predicted octanol–water partition coefficient (Wildman–Crippen LogP) is 2.98. The smallest absolute Gasteiger partial charge is 0.0120 e. The van der Waals surface area contributed by atoms with Gasteiger partial charge < -0.3 is 9.80 Å². The zero-order valence-electron chi connectivity index (χ0n) is 12.0. The lowest BCUT2D eigenvalue weighted by Crippen LogP contribution is -2.46. The van der Waals surface area contributed by atoms with Crippen LogP contribution in [0.3, 0.4) is 0 Å². The molecule has 2 saturated heterocycles. The van der Waals surface area contributed by atoms with Crippen LogP contribution in [-0.2, 0) is 0 Å². The van der Waals surface area contributed by atoms with Crippen molar-refractivity contribution in [2.45, 2.75) is 65.0 Å². The van der Waals surface area contributed by atoms with Crippen molar-refractivity contribution in [2.75, 3.05) is 26.2 Å². The third-order valence-electron chi connectivity index (χ3n) is 4.76. The van der Waals surface area contributed by atoms with E-state index in [0.717, 1.165) is 18.0 Å². The van der Waals surface area contributed by atoms with Gasteiger partial charge in [0.05, 0.1) is 0 Å². The second-order valence-corrected chi connectivity index (χ2v) is 6.30. The number of piperidine rings is 1. The molecule has 2 rings (SSSR count). The Kier molecular flexibility index (Phi) is 4.87. The molecule has 0 aromatic carbocycles. The first-order valence-corrected chi connectivity index (χ1v) is 7.68. The van der Waals surface area contributed by atoms with E-state index in [0.29, 0.717) is 0 Å². The van der Waals surface area contributed by atoms with Crippen LogP contribution in [0.4, 0.5) is 0 Å². The lowest BCUT2D eigenvalue weighted by atomic mass is 10.0. The molecule has 2 heterocycles. The lowest BCUT2D eigenvalue weighted by Gasteiger charge is -2.38. The Morgan fingerprint density at radius 2 is 1.76 bits per heavy atom. The molecule has 0 saturated carbocycles. The second-order valence-electron chi connectivity index (χ2n) is 6.30. The minimum atomic E-state index is 0.738. The Bertz CT molecular complexity index is 219. The van der Waals surface area contributed by atoms with Gasteiger partial charge in [-0.2, -0.15) is 0 Å². The summed E-state index contributed by atoms with van der Waals surface area (Å²) in [6, 6.07) is 1.63. The summed E-state index contributed by atoms with van der Waals surface area (Å²) in [5.74, 6) is 1.00. The molecule has 0 N–H and O–H groups in total. The Morgan fingerprint density at radius 1 is 1.06 bits per heavy atom. The van der Waals surface area contributed by atoms with Crippen LogP contribution in [0.2, 0.25) is 0 Å². The molecule has 2 heteroatoms. The van der Waals surface area contributed by atoms with E-state index in [2.05, 4.69) is 30.6 Å². The highest BCUT2D eigenvalue weighted by molar-refractivity contribution is 4.85. The highest BCUT2D eigenvalue weighted by atomic mass is 15.2. The highest BCUT2D eigenvalue weighted by Gasteiger charge is 2.30. The molecular weight excluding hydrogens is 208 g/mol. The topological polar surface area (TPSA) is 6.48 Å². The molecule has 1 unspecified atom stereocenters. The van der Waals surface area contributed by atoms with Crippen molar-refractivity contribution in [2.24, 2.45) is 5.92 Å². The number of likely N-dealkylation sites (tertiary alicyclic amines) is 2. The summed E-state index contributed by atoms with van der Waals surface area (Å²) in [6.45, 7) is 12.4. The van der Waals surface area contributed by atoms with Crippen LogP contribution in [0.1, 0.15) is 52.9 Å². The number of nitrogens with zero attached hydrogens (tertiary/aromatic N) is 2. The lowest BCUT2D eigenvalue weighted by molar-refractivity contribution is 0.104. The van der Waals surface area contributed by atoms with Crippen molar-refractivity contribution in [3.05, 3.63) is 0 Å². The predicted molar refractivity (Wildman–Crippen MR) is 74.3 cm³/mol. The molecular formula is C15H30N2. The number of hydrogen-bond acceptors (Lipinski definition) is 2. The summed E-state index contributed by atoms with van der Waals surface area (Å²) in [5, 5.41) is 0. The Hall–Kier alpha value is -0.0800. The molecule has 0 spiro atoms. The molecule has 2 aliphatic heterocycles. The van der Waals surface area contributed by atoms with Crippen LogP contribution in [0.25, 0.3) is 0 Å². The van der Waals surface area contributed by atoms with Crippen molar-refractivity contribution in [1.82, 2.24) is 9.80 Å². The Labute approximate surface area is 107 Å². The Morgan fingerprint density at radius 3 is 2.35 bits per heavy atom. The van der Waals surface area contributed by atoms with Gasteiger partial charge in [0.2, 0.25) is 0 Å². The number of hydrogen-bond donors (Lipinski definition) is 0. The van der Waals surface area contributed by atoms with Crippen molar-refractivity contribution < 1.29 is 0 Å². The molecule has 1 atom stereocenters. The first-order valence-electron chi connectivity index (χ1n) is 7.68. The molecule has 0 amide bonds. The fourth-order valence-electron chi connectivity index (χ4n) is 3.61. The minimum absolute atomic E-state index is 0.738. The van der Waals surface area contributed by atoms with Gasteiger partial charge in [0.25, 0.3) is 0 Å². The first kappa shape index (κ1) is 13.4. The van der Waals surface area contributed by atoms with Crippen molar-refractivity contribution in [3.63, 3.8) is 0 Å².